The predicted octanol–water partition coefficient (Wildman–Crippen LogP) is 2.92. The number of carbonyl (C=O) groups is 4. The van der Waals surface area contributed by atoms with E-state index in [0.29, 0.717) is 16.9 Å². The Morgan fingerprint density at radius 3 is 2.39 bits per heavy atom. The van der Waals surface area contributed by atoms with Crippen molar-refractivity contribution in [1.29, 1.82) is 0 Å². The van der Waals surface area contributed by atoms with Crippen molar-refractivity contribution >= 4 is 40.7 Å². The number of aromatic nitrogens is 1. The first-order chi connectivity index (χ1) is 17.2. The Morgan fingerprint density at radius 2 is 1.81 bits per heavy atom. The van der Waals surface area contributed by atoms with Crippen molar-refractivity contribution in [3.8, 4) is 0 Å². The third-order valence-electron chi connectivity index (χ3n) is 5.61. The molecule has 1 aliphatic rings. The van der Waals surface area contributed by atoms with Crippen molar-refractivity contribution in [2.24, 2.45) is 0 Å². The first-order valence-corrected chi connectivity index (χ1v) is 10.9. The van der Waals surface area contributed by atoms with E-state index in [1.807, 2.05) is 0 Å². The second-order valence-electron chi connectivity index (χ2n) is 8.11. The highest BCUT2D eigenvalue weighted by atomic mass is 16.6. The Bertz CT molecular complexity index is 1330. The number of rotatable bonds is 7. The van der Waals surface area contributed by atoms with Crippen LogP contribution in [-0.2, 0) is 20.9 Å². The number of benzene rings is 2. The van der Waals surface area contributed by atoms with Crippen LogP contribution in [0.15, 0.2) is 73.1 Å². The van der Waals surface area contributed by atoms with Gasteiger partial charge in [0.2, 0.25) is 11.8 Å². The fourth-order valence-corrected chi connectivity index (χ4v) is 3.93. The molecule has 0 spiro atoms. The highest BCUT2D eigenvalue weighted by Crippen LogP contribution is 2.29. The number of hydrogen-bond acceptors (Lipinski definition) is 7. The Morgan fingerprint density at radius 1 is 1.11 bits per heavy atom. The third kappa shape index (κ3) is 5.09. The van der Waals surface area contributed by atoms with Crippen LogP contribution >= 0.6 is 0 Å². The van der Waals surface area contributed by atoms with Gasteiger partial charge in [-0.05, 0) is 48.0 Å². The molecular weight excluding hydrogens is 466 g/mol. The molecular formula is C25H21N5O6. The van der Waals surface area contributed by atoms with Gasteiger partial charge >= 0.3 is 0 Å². The van der Waals surface area contributed by atoms with Crippen LogP contribution in [0.1, 0.15) is 29.3 Å². The van der Waals surface area contributed by atoms with Gasteiger partial charge in [-0.25, -0.2) is 4.90 Å². The summed E-state index contributed by atoms with van der Waals surface area (Å²) in [6, 6.07) is 13.6. The average Bonchev–Trinajstić information content (AvgIpc) is 3.16. The van der Waals surface area contributed by atoms with Gasteiger partial charge in [0.25, 0.3) is 17.5 Å². The largest absolute Gasteiger partial charge is 0.326 e. The number of carbonyl (C=O) groups excluding carboxylic acids is 4. The molecule has 4 amide bonds. The van der Waals surface area contributed by atoms with Crippen molar-refractivity contribution in [1.82, 2.24) is 9.88 Å². The summed E-state index contributed by atoms with van der Waals surface area (Å²) in [5.41, 5.74) is 1.43. The quantitative estimate of drug-likeness (QED) is 0.307. The van der Waals surface area contributed by atoms with Gasteiger partial charge in [0.15, 0.2) is 0 Å². The van der Waals surface area contributed by atoms with Gasteiger partial charge in [-0.15, -0.1) is 0 Å². The summed E-state index contributed by atoms with van der Waals surface area (Å²) >= 11 is 0. The summed E-state index contributed by atoms with van der Waals surface area (Å²) in [6.45, 7) is 1.37. The molecule has 0 radical (unpaired) electrons. The summed E-state index contributed by atoms with van der Waals surface area (Å²) in [5, 5.41) is 13.6. The van der Waals surface area contributed by atoms with Crippen LogP contribution in [-0.4, -0.2) is 44.5 Å². The smallest absolute Gasteiger partial charge is 0.269 e. The second-order valence-corrected chi connectivity index (χ2v) is 8.11. The minimum absolute atomic E-state index is 0.00264. The number of nitrogens with one attached hydrogen (secondary N) is 1. The molecule has 1 N–H and O–H groups in total. The van der Waals surface area contributed by atoms with Gasteiger partial charge in [-0.3, -0.25) is 34.3 Å². The fraction of sp³-hybridized carbons (Fsp3) is 0.160. The zero-order chi connectivity index (χ0) is 25.8. The highest BCUT2D eigenvalue weighted by Gasteiger charge is 2.44. The lowest BCUT2D eigenvalue weighted by Gasteiger charge is -2.28. The van der Waals surface area contributed by atoms with Crippen LogP contribution in [0, 0.1) is 10.1 Å². The number of amides is 4. The second kappa shape index (κ2) is 10.1. The topological polar surface area (TPSA) is 143 Å². The van der Waals surface area contributed by atoms with Gasteiger partial charge in [-0.2, -0.15) is 0 Å². The van der Waals surface area contributed by atoms with Gasteiger partial charge in [0.1, 0.15) is 6.04 Å². The van der Waals surface area contributed by atoms with Crippen LogP contribution in [0.25, 0.3) is 0 Å². The molecule has 0 bridgehead atoms. The van der Waals surface area contributed by atoms with Gasteiger partial charge in [-0.1, -0.05) is 6.07 Å². The molecule has 182 valence electrons. The molecule has 1 aliphatic heterocycles. The molecule has 0 aliphatic carbocycles. The summed E-state index contributed by atoms with van der Waals surface area (Å²) in [5.74, 6) is -1.87. The van der Waals surface area contributed by atoms with E-state index in [9.17, 15) is 29.3 Å². The van der Waals surface area contributed by atoms with Crippen LogP contribution in [0.5, 0.6) is 0 Å². The molecule has 36 heavy (non-hydrogen) atoms. The normalized spacial score (nSPS) is 15.0. The van der Waals surface area contributed by atoms with E-state index in [-0.39, 0.29) is 30.1 Å². The number of anilines is 2. The van der Waals surface area contributed by atoms with E-state index in [4.69, 9.17) is 0 Å². The molecule has 0 saturated carbocycles. The van der Waals surface area contributed by atoms with Crippen molar-refractivity contribution in [3.63, 3.8) is 0 Å². The molecule has 1 aromatic heterocycles. The van der Waals surface area contributed by atoms with Crippen molar-refractivity contribution < 1.29 is 24.1 Å². The molecule has 1 unspecified atom stereocenters. The maximum absolute atomic E-state index is 13.5. The molecule has 4 rings (SSSR count). The maximum Gasteiger partial charge on any atom is 0.269 e. The number of hydrogen-bond donors (Lipinski definition) is 1. The molecule has 3 aromatic rings. The maximum atomic E-state index is 13.5. The molecule has 11 heteroatoms. The number of non-ortho nitro benzene ring substituents is 1. The predicted molar refractivity (Wildman–Crippen MR) is 129 cm³/mol. The van der Waals surface area contributed by atoms with Crippen LogP contribution in [0.3, 0.4) is 0 Å². The third-order valence-corrected chi connectivity index (χ3v) is 5.61. The first kappa shape index (κ1) is 24.2. The first-order valence-electron chi connectivity index (χ1n) is 10.9. The van der Waals surface area contributed by atoms with Gasteiger partial charge < -0.3 is 10.2 Å². The number of nitro groups is 1. The lowest BCUT2D eigenvalue weighted by molar-refractivity contribution is -0.384. The molecule has 1 fully saturated rings. The van der Waals surface area contributed by atoms with Crippen molar-refractivity contribution in [3.05, 3.63) is 94.3 Å². The van der Waals surface area contributed by atoms with E-state index in [1.165, 1.54) is 48.2 Å². The highest BCUT2D eigenvalue weighted by molar-refractivity contribution is 6.23. The standard InChI is InChI=1S/C25H21N5O6/c1-16(31)27-19-6-10-20(11-7-19)29-23(32)13-22(25(29)34)28(15-17-3-2-12-26-14-17)24(33)18-4-8-21(9-5-18)30(35)36/h2-12,14,22H,13,15H2,1H3,(H,27,31). The Labute approximate surface area is 205 Å². The number of nitro benzene ring substituents is 1. The SMILES string of the molecule is CC(=O)Nc1ccc(N2C(=O)CC(N(Cc3cccnc3)C(=O)c3ccc([N+](=O)[O-])cc3)C2=O)cc1. The monoisotopic (exact) mass is 487 g/mol. The van der Waals surface area contributed by atoms with E-state index >= 15 is 0 Å². The zero-order valence-electron chi connectivity index (χ0n) is 19.2. The summed E-state index contributed by atoms with van der Waals surface area (Å²) in [4.78, 5) is 67.8. The number of imide groups is 1. The molecule has 1 saturated heterocycles. The van der Waals surface area contributed by atoms with E-state index in [2.05, 4.69) is 10.3 Å². The molecule has 2 heterocycles. The lowest BCUT2D eigenvalue weighted by Crippen LogP contribution is -2.45. The van der Waals surface area contributed by atoms with Crippen LogP contribution in [0.4, 0.5) is 17.1 Å². The fourth-order valence-electron chi connectivity index (χ4n) is 3.93. The van der Waals surface area contributed by atoms with Crippen LogP contribution in [0.2, 0.25) is 0 Å². The van der Waals surface area contributed by atoms with Gasteiger partial charge in [0, 0.05) is 49.2 Å². The summed E-state index contributed by atoms with van der Waals surface area (Å²) < 4.78 is 0. The Balaban J connectivity index is 1.64. The zero-order valence-corrected chi connectivity index (χ0v) is 19.2. The Hall–Kier alpha value is -4.93. The van der Waals surface area contributed by atoms with E-state index < -0.39 is 28.7 Å². The molecule has 2 aromatic carbocycles. The average molecular weight is 487 g/mol. The molecule has 11 nitrogen and oxygen atoms in total. The summed E-state index contributed by atoms with van der Waals surface area (Å²) in [7, 11) is 0. The van der Waals surface area contributed by atoms with Crippen LogP contribution < -0.4 is 10.2 Å². The van der Waals surface area contributed by atoms with Gasteiger partial charge in [0.05, 0.1) is 17.0 Å². The number of nitrogens with zero attached hydrogens (tertiary/aromatic N) is 4. The minimum Gasteiger partial charge on any atom is -0.326 e. The molecule has 1 atom stereocenters. The Kier molecular flexibility index (Phi) is 6.81. The van der Waals surface area contributed by atoms with E-state index in [0.717, 1.165) is 4.90 Å². The summed E-state index contributed by atoms with van der Waals surface area (Å²) in [6.07, 6.45) is 2.89. The van der Waals surface area contributed by atoms with E-state index in [1.54, 1.807) is 36.7 Å². The van der Waals surface area contributed by atoms with Crippen molar-refractivity contribution in [2.45, 2.75) is 25.9 Å². The van der Waals surface area contributed by atoms with Crippen molar-refractivity contribution in [2.75, 3.05) is 10.2 Å². The number of pyridine rings is 1. The lowest BCUT2D eigenvalue weighted by atomic mass is 10.1. The minimum atomic E-state index is -1.09.